The number of benzene rings is 2. The molecule has 2 aromatic carbocycles. The number of nitrogens with zero attached hydrogens (tertiary/aromatic N) is 1. The van der Waals surface area contributed by atoms with Gasteiger partial charge < -0.3 is 9.47 Å². The number of aromatic nitrogens is 2. The predicted molar refractivity (Wildman–Crippen MR) is 112 cm³/mol. The van der Waals surface area contributed by atoms with Crippen molar-refractivity contribution < 1.29 is 19.1 Å². The van der Waals surface area contributed by atoms with E-state index < -0.39 is 17.4 Å². The van der Waals surface area contributed by atoms with Gasteiger partial charge in [0.05, 0.1) is 32.4 Å². The van der Waals surface area contributed by atoms with Gasteiger partial charge >= 0.3 is 5.97 Å². The maximum Gasteiger partial charge on any atom is 0.314 e. The van der Waals surface area contributed by atoms with Crippen molar-refractivity contribution in [2.45, 2.75) is 25.8 Å². The number of hydrogen-bond donors (Lipinski definition) is 1. The predicted octanol–water partition coefficient (Wildman–Crippen LogP) is 2.94. The standard InChI is InChI=1S/C23H24N2O5/c1-15(23(28)30-3)21-20(19(26)13-17-10-7-11-18(12-17)29-2)22(27)25(24-21)14-16-8-5-4-6-9-16/h4-12,15,24H,13-14H2,1-3H3. The Morgan fingerprint density at radius 1 is 1.03 bits per heavy atom. The fraction of sp³-hybridized carbons (Fsp3) is 0.261. The Hall–Kier alpha value is -3.61. The minimum absolute atomic E-state index is 0.0104. The molecule has 0 aliphatic carbocycles. The number of rotatable bonds is 8. The van der Waals surface area contributed by atoms with Crippen molar-refractivity contribution in [3.8, 4) is 5.75 Å². The van der Waals surface area contributed by atoms with Gasteiger partial charge in [-0.15, -0.1) is 0 Å². The van der Waals surface area contributed by atoms with E-state index in [2.05, 4.69) is 5.10 Å². The quantitative estimate of drug-likeness (QED) is 0.457. The van der Waals surface area contributed by atoms with Gasteiger partial charge in [-0.25, -0.2) is 4.68 Å². The number of Topliss-reactive ketones (excluding diaryl/α,β-unsaturated/α-hetero) is 1. The summed E-state index contributed by atoms with van der Waals surface area (Å²) >= 11 is 0. The Labute approximate surface area is 174 Å². The van der Waals surface area contributed by atoms with Crippen molar-refractivity contribution in [2.24, 2.45) is 0 Å². The molecule has 1 N–H and O–H groups in total. The van der Waals surface area contributed by atoms with Crippen LogP contribution in [0.4, 0.5) is 0 Å². The molecule has 0 spiro atoms. The average molecular weight is 408 g/mol. The monoisotopic (exact) mass is 408 g/mol. The summed E-state index contributed by atoms with van der Waals surface area (Å²) in [7, 11) is 2.82. The summed E-state index contributed by atoms with van der Waals surface area (Å²) in [6.07, 6.45) is 0.0104. The third-order valence-corrected chi connectivity index (χ3v) is 4.93. The Balaban J connectivity index is 2.00. The van der Waals surface area contributed by atoms with Gasteiger partial charge in [0.2, 0.25) is 0 Å². The lowest BCUT2D eigenvalue weighted by molar-refractivity contribution is -0.142. The summed E-state index contributed by atoms with van der Waals surface area (Å²) in [5.41, 5.74) is 1.39. The van der Waals surface area contributed by atoms with Crippen molar-refractivity contribution in [3.63, 3.8) is 0 Å². The van der Waals surface area contributed by atoms with Crippen LogP contribution in [0.15, 0.2) is 59.4 Å². The fourth-order valence-corrected chi connectivity index (χ4v) is 3.31. The second kappa shape index (κ2) is 9.26. The van der Waals surface area contributed by atoms with Crippen LogP contribution in [0.2, 0.25) is 0 Å². The van der Waals surface area contributed by atoms with Crippen molar-refractivity contribution in [3.05, 3.63) is 87.3 Å². The molecule has 3 aromatic rings. The first kappa shape index (κ1) is 21.1. The molecule has 0 bridgehead atoms. The normalized spacial score (nSPS) is 11.7. The van der Waals surface area contributed by atoms with Crippen molar-refractivity contribution in [1.82, 2.24) is 9.78 Å². The van der Waals surface area contributed by atoms with Gasteiger partial charge in [0.25, 0.3) is 5.56 Å². The Morgan fingerprint density at radius 3 is 2.40 bits per heavy atom. The van der Waals surface area contributed by atoms with Crippen LogP contribution in [0.25, 0.3) is 0 Å². The lowest BCUT2D eigenvalue weighted by Gasteiger charge is -2.09. The maximum atomic E-state index is 13.1. The van der Waals surface area contributed by atoms with E-state index in [1.165, 1.54) is 11.8 Å². The molecule has 7 nitrogen and oxygen atoms in total. The van der Waals surface area contributed by atoms with Crippen LogP contribution < -0.4 is 10.3 Å². The molecule has 1 atom stereocenters. The molecule has 30 heavy (non-hydrogen) atoms. The average Bonchev–Trinajstić information content (AvgIpc) is 3.09. The van der Waals surface area contributed by atoms with Crippen LogP contribution in [0.5, 0.6) is 5.75 Å². The number of ether oxygens (including phenoxy) is 2. The number of methoxy groups -OCH3 is 2. The SMILES string of the molecule is COC(=O)C(C)c1[nH]n(Cc2ccccc2)c(=O)c1C(=O)Cc1cccc(OC)c1. The van der Waals surface area contributed by atoms with E-state index in [4.69, 9.17) is 9.47 Å². The second-order valence-electron chi connectivity index (χ2n) is 6.97. The highest BCUT2D eigenvalue weighted by atomic mass is 16.5. The molecule has 0 aliphatic rings. The number of H-pyrrole nitrogens is 1. The Bertz CT molecular complexity index is 1100. The largest absolute Gasteiger partial charge is 0.497 e. The van der Waals surface area contributed by atoms with Crippen LogP contribution in [-0.4, -0.2) is 35.8 Å². The van der Waals surface area contributed by atoms with Gasteiger partial charge in [-0.05, 0) is 30.2 Å². The molecule has 7 heteroatoms. The summed E-state index contributed by atoms with van der Waals surface area (Å²) in [6, 6.07) is 16.5. The number of ketones is 1. The third-order valence-electron chi connectivity index (χ3n) is 4.93. The van der Waals surface area contributed by atoms with Gasteiger partial charge in [0, 0.05) is 6.42 Å². The van der Waals surface area contributed by atoms with E-state index in [-0.39, 0.29) is 30.0 Å². The molecule has 0 fully saturated rings. The zero-order valence-corrected chi connectivity index (χ0v) is 17.2. The first-order valence-electron chi connectivity index (χ1n) is 9.55. The number of carbonyl (C=O) groups excluding carboxylic acids is 2. The number of aromatic amines is 1. The van der Waals surface area contributed by atoms with Gasteiger partial charge in [0.15, 0.2) is 5.78 Å². The number of esters is 1. The minimum atomic E-state index is -0.788. The van der Waals surface area contributed by atoms with E-state index >= 15 is 0 Å². The van der Waals surface area contributed by atoms with Crippen molar-refractivity contribution >= 4 is 11.8 Å². The Morgan fingerprint density at radius 2 is 1.73 bits per heavy atom. The van der Waals surface area contributed by atoms with E-state index in [0.717, 1.165) is 5.56 Å². The lowest BCUT2D eigenvalue weighted by Crippen LogP contribution is -2.23. The number of carbonyl (C=O) groups is 2. The fourth-order valence-electron chi connectivity index (χ4n) is 3.31. The molecule has 0 amide bonds. The summed E-state index contributed by atoms with van der Waals surface area (Å²) in [5.74, 6) is -1.07. The highest BCUT2D eigenvalue weighted by Crippen LogP contribution is 2.20. The number of hydrogen-bond acceptors (Lipinski definition) is 5. The van der Waals surface area contributed by atoms with Crippen LogP contribution in [0, 0.1) is 0 Å². The Kier molecular flexibility index (Phi) is 6.51. The topological polar surface area (TPSA) is 90.4 Å². The third kappa shape index (κ3) is 4.51. The first-order valence-corrected chi connectivity index (χ1v) is 9.55. The molecule has 1 aromatic heterocycles. The van der Waals surface area contributed by atoms with Gasteiger partial charge in [-0.2, -0.15) is 0 Å². The molecule has 0 saturated heterocycles. The zero-order valence-electron chi connectivity index (χ0n) is 17.2. The molecular weight excluding hydrogens is 384 g/mol. The molecule has 0 radical (unpaired) electrons. The van der Waals surface area contributed by atoms with Crippen LogP contribution >= 0.6 is 0 Å². The maximum absolute atomic E-state index is 13.1. The van der Waals surface area contributed by atoms with Gasteiger partial charge in [0.1, 0.15) is 11.3 Å². The van der Waals surface area contributed by atoms with Crippen LogP contribution in [0.3, 0.4) is 0 Å². The van der Waals surface area contributed by atoms with Gasteiger partial charge in [-0.1, -0.05) is 42.5 Å². The zero-order chi connectivity index (χ0) is 21.7. The van der Waals surface area contributed by atoms with Crippen LogP contribution in [0.1, 0.15) is 40.0 Å². The van der Waals surface area contributed by atoms with E-state index in [9.17, 15) is 14.4 Å². The molecule has 0 saturated carbocycles. The van der Waals surface area contributed by atoms with Crippen molar-refractivity contribution in [1.29, 1.82) is 0 Å². The molecule has 156 valence electrons. The first-order chi connectivity index (χ1) is 14.4. The number of nitrogens with one attached hydrogen (secondary N) is 1. The summed E-state index contributed by atoms with van der Waals surface area (Å²) in [5, 5.41) is 2.96. The summed E-state index contributed by atoms with van der Waals surface area (Å²) in [4.78, 5) is 38.3. The van der Waals surface area contributed by atoms with E-state index in [1.54, 1.807) is 38.3 Å². The van der Waals surface area contributed by atoms with Crippen LogP contribution in [-0.2, 0) is 22.5 Å². The molecular formula is C23H24N2O5. The second-order valence-corrected chi connectivity index (χ2v) is 6.97. The minimum Gasteiger partial charge on any atom is -0.497 e. The van der Waals surface area contributed by atoms with E-state index in [0.29, 0.717) is 11.3 Å². The smallest absolute Gasteiger partial charge is 0.314 e. The highest BCUT2D eigenvalue weighted by Gasteiger charge is 2.28. The molecule has 1 unspecified atom stereocenters. The highest BCUT2D eigenvalue weighted by molar-refractivity contribution is 5.99. The van der Waals surface area contributed by atoms with Gasteiger partial charge in [-0.3, -0.25) is 19.5 Å². The molecule has 3 rings (SSSR count). The molecule has 0 aliphatic heterocycles. The molecule has 1 heterocycles. The lowest BCUT2D eigenvalue weighted by atomic mass is 9.97. The van der Waals surface area contributed by atoms with E-state index in [1.807, 2.05) is 30.3 Å². The summed E-state index contributed by atoms with van der Waals surface area (Å²) in [6.45, 7) is 1.86. The summed E-state index contributed by atoms with van der Waals surface area (Å²) < 4.78 is 11.4. The van der Waals surface area contributed by atoms with Crippen molar-refractivity contribution in [2.75, 3.05) is 14.2 Å².